The molecule has 0 aliphatic carbocycles. The van der Waals surface area contributed by atoms with E-state index in [9.17, 15) is 4.79 Å². The Hall–Kier alpha value is -0.950. The fourth-order valence-electron chi connectivity index (χ4n) is 2.28. The summed E-state index contributed by atoms with van der Waals surface area (Å²) in [5.41, 5.74) is 0. The third-order valence-electron chi connectivity index (χ3n) is 3.54. The summed E-state index contributed by atoms with van der Waals surface area (Å²) < 4.78 is 0. The number of thiophene rings is 1. The predicted molar refractivity (Wildman–Crippen MR) is 81.3 cm³/mol. The molecule has 2 N–H and O–H groups in total. The van der Waals surface area contributed by atoms with Crippen molar-refractivity contribution in [3.05, 3.63) is 21.9 Å². The van der Waals surface area contributed by atoms with Gasteiger partial charge < -0.3 is 15.3 Å². The van der Waals surface area contributed by atoms with Gasteiger partial charge in [0.1, 0.15) is 0 Å². The summed E-state index contributed by atoms with van der Waals surface area (Å²) in [7, 11) is 2.17. The van der Waals surface area contributed by atoms with Crippen LogP contribution in [-0.2, 0) is 17.8 Å². The number of likely N-dealkylation sites (N-methyl/N-ethyl adjacent to an activating group) is 1. The van der Waals surface area contributed by atoms with Gasteiger partial charge in [-0.1, -0.05) is 0 Å². The lowest BCUT2D eigenvalue weighted by Gasteiger charge is -2.32. The van der Waals surface area contributed by atoms with Crippen LogP contribution in [0.1, 0.15) is 9.75 Å². The fourth-order valence-corrected chi connectivity index (χ4v) is 3.26. The lowest BCUT2D eigenvalue weighted by Crippen LogP contribution is -2.46. The number of aliphatic carboxylic acids is 1. The molecule has 0 bridgehead atoms. The minimum Gasteiger partial charge on any atom is -0.481 e. The van der Waals surface area contributed by atoms with E-state index in [2.05, 4.69) is 22.2 Å². The second-order valence-corrected chi connectivity index (χ2v) is 6.51. The quantitative estimate of drug-likeness (QED) is 0.726. The van der Waals surface area contributed by atoms with E-state index in [1.165, 1.54) is 4.88 Å². The summed E-state index contributed by atoms with van der Waals surface area (Å²) in [6.45, 7) is 7.52. The molecular formula is C14H23N3O2S. The SMILES string of the molecule is CN1CCN(CCNCc2ccc(CC(=O)O)s2)CC1. The zero-order valence-electron chi connectivity index (χ0n) is 12.0. The number of rotatable bonds is 7. The number of hydrogen-bond donors (Lipinski definition) is 2. The van der Waals surface area contributed by atoms with Crippen LogP contribution in [0.25, 0.3) is 0 Å². The van der Waals surface area contributed by atoms with E-state index in [-0.39, 0.29) is 6.42 Å². The van der Waals surface area contributed by atoms with Crippen molar-refractivity contribution in [3.63, 3.8) is 0 Å². The highest BCUT2D eigenvalue weighted by molar-refractivity contribution is 7.12. The average Bonchev–Trinajstić information content (AvgIpc) is 2.83. The maximum absolute atomic E-state index is 10.6. The first-order chi connectivity index (χ1) is 9.63. The Morgan fingerprint density at radius 2 is 2.00 bits per heavy atom. The molecule has 1 aromatic heterocycles. The van der Waals surface area contributed by atoms with Gasteiger partial charge in [0.15, 0.2) is 0 Å². The van der Waals surface area contributed by atoms with E-state index in [0.717, 1.165) is 50.7 Å². The second kappa shape index (κ2) is 7.73. The van der Waals surface area contributed by atoms with Crippen molar-refractivity contribution in [2.75, 3.05) is 46.3 Å². The highest BCUT2D eigenvalue weighted by Crippen LogP contribution is 2.16. The zero-order chi connectivity index (χ0) is 14.4. The van der Waals surface area contributed by atoms with Crippen molar-refractivity contribution in [1.29, 1.82) is 0 Å². The van der Waals surface area contributed by atoms with Crippen LogP contribution in [0.4, 0.5) is 0 Å². The highest BCUT2D eigenvalue weighted by Gasteiger charge is 2.12. The van der Waals surface area contributed by atoms with Gasteiger partial charge >= 0.3 is 5.97 Å². The largest absolute Gasteiger partial charge is 0.481 e. The molecule has 1 aliphatic rings. The molecule has 0 unspecified atom stereocenters. The van der Waals surface area contributed by atoms with E-state index < -0.39 is 5.97 Å². The minimum absolute atomic E-state index is 0.131. The maximum atomic E-state index is 10.6. The Morgan fingerprint density at radius 3 is 2.70 bits per heavy atom. The monoisotopic (exact) mass is 297 g/mol. The van der Waals surface area contributed by atoms with E-state index in [1.54, 1.807) is 11.3 Å². The summed E-state index contributed by atoms with van der Waals surface area (Å²) in [6.07, 6.45) is 0.131. The molecule has 0 radical (unpaired) electrons. The molecule has 2 heterocycles. The Balaban J connectivity index is 1.61. The van der Waals surface area contributed by atoms with Gasteiger partial charge in [-0.25, -0.2) is 0 Å². The fraction of sp³-hybridized carbons (Fsp3) is 0.643. The summed E-state index contributed by atoms with van der Waals surface area (Å²) in [4.78, 5) is 17.6. The molecule has 0 saturated carbocycles. The molecule has 20 heavy (non-hydrogen) atoms. The van der Waals surface area contributed by atoms with Gasteiger partial charge in [0.25, 0.3) is 0 Å². The molecule has 5 nitrogen and oxygen atoms in total. The Morgan fingerprint density at radius 1 is 1.30 bits per heavy atom. The Kier molecular flexibility index (Phi) is 5.97. The van der Waals surface area contributed by atoms with E-state index in [1.807, 2.05) is 12.1 Å². The van der Waals surface area contributed by atoms with Crippen LogP contribution in [0.5, 0.6) is 0 Å². The third kappa shape index (κ3) is 5.20. The molecule has 1 saturated heterocycles. The van der Waals surface area contributed by atoms with Crippen molar-refractivity contribution in [3.8, 4) is 0 Å². The van der Waals surface area contributed by atoms with Crippen LogP contribution in [0.15, 0.2) is 12.1 Å². The Bertz CT molecular complexity index is 428. The van der Waals surface area contributed by atoms with Crippen LogP contribution >= 0.6 is 11.3 Å². The smallest absolute Gasteiger partial charge is 0.308 e. The van der Waals surface area contributed by atoms with Gasteiger partial charge in [0.2, 0.25) is 0 Å². The molecule has 1 fully saturated rings. The first-order valence-corrected chi connectivity index (χ1v) is 7.86. The van der Waals surface area contributed by atoms with E-state index in [4.69, 9.17) is 5.11 Å². The van der Waals surface area contributed by atoms with Crippen LogP contribution < -0.4 is 5.32 Å². The standard InChI is InChI=1S/C14H23N3O2S/c1-16-6-8-17(9-7-16)5-4-15-11-13-3-2-12(20-13)10-14(18)19/h2-3,15H,4-11H2,1H3,(H,18,19). The molecular weight excluding hydrogens is 274 g/mol. The molecule has 0 spiro atoms. The number of hydrogen-bond acceptors (Lipinski definition) is 5. The predicted octanol–water partition coefficient (Wildman–Crippen LogP) is 0.712. The molecule has 112 valence electrons. The average molecular weight is 297 g/mol. The first-order valence-electron chi connectivity index (χ1n) is 7.04. The van der Waals surface area contributed by atoms with Crippen molar-refractivity contribution >= 4 is 17.3 Å². The normalized spacial score (nSPS) is 17.4. The number of nitrogens with zero attached hydrogens (tertiary/aromatic N) is 2. The number of nitrogens with one attached hydrogen (secondary N) is 1. The van der Waals surface area contributed by atoms with Crippen molar-refractivity contribution in [1.82, 2.24) is 15.1 Å². The lowest BCUT2D eigenvalue weighted by atomic mass is 10.3. The summed E-state index contributed by atoms with van der Waals surface area (Å²) >= 11 is 1.58. The van der Waals surface area contributed by atoms with Gasteiger partial charge in [-0.15, -0.1) is 11.3 Å². The van der Waals surface area contributed by atoms with E-state index in [0.29, 0.717) is 0 Å². The van der Waals surface area contributed by atoms with Crippen molar-refractivity contribution in [2.24, 2.45) is 0 Å². The van der Waals surface area contributed by atoms with Gasteiger partial charge in [-0.3, -0.25) is 9.69 Å². The van der Waals surface area contributed by atoms with Gasteiger partial charge in [0.05, 0.1) is 6.42 Å². The van der Waals surface area contributed by atoms with Crippen LogP contribution in [0, 0.1) is 0 Å². The minimum atomic E-state index is -0.763. The summed E-state index contributed by atoms with van der Waals surface area (Å²) in [5, 5.41) is 12.2. The topological polar surface area (TPSA) is 55.8 Å². The summed E-state index contributed by atoms with van der Waals surface area (Å²) in [6, 6.07) is 3.93. The Labute approximate surface area is 124 Å². The summed E-state index contributed by atoms with van der Waals surface area (Å²) in [5.74, 6) is -0.763. The lowest BCUT2D eigenvalue weighted by molar-refractivity contribution is -0.136. The van der Waals surface area contributed by atoms with Gasteiger partial charge in [-0.05, 0) is 19.2 Å². The molecule has 0 aromatic carbocycles. The van der Waals surface area contributed by atoms with Crippen molar-refractivity contribution < 1.29 is 9.90 Å². The van der Waals surface area contributed by atoms with E-state index >= 15 is 0 Å². The first kappa shape index (κ1) is 15.4. The number of piperazine rings is 1. The molecule has 1 aromatic rings. The molecule has 1 aliphatic heterocycles. The molecule has 2 rings (SSSR count). The zero-order valence-corrected chi connectivity index (χ0v) is 12.8. The van der Waals surface area contributed by atoms with Gasteiger partial charge in [-0.2, -0.15) is 0 Å². The third-order valence-corrected chi connectivity index (χ3v) is 4.63. The molecule has 6 heteroatoms. The highest BCUT2D eigenvalue weighted by atomic mass is 32.1. The molecule has 0 atom stereocenters. The maximum Gasteiger partial charge on any atom is 0.308 e. The van der Waals surface area contributed by atoms with Gasteiger partial charge in [0, 0.05) is 55.6 Å². The number of carboxylic acid groups (broad SMARTS) is 1. The number of carboxylic acids is 1. The van der Waals surface area contributed by atoms with Crippen molar-refractivity contribution in [2.45, 2.75) is 13.0 Å². The van der Waals surface area contributed by atoms with Crippen LogP contribution in [-0.4, -0.2) is 67.2 Å². The number of carbonyl (C=O) groups is 1. The van der Waals surface area contributed by atoms with Crippen LogP contribution in [0.2, 0.25) is 0 Å². The molecule has 0 amide bonds. The van der Waals surface area contributed by atoms with Crippen LogP contribution in [0.3, 0.4) is 0 Å². The second-order valence-electron chi connectivity index (χ2n) is 5.26.